The van der Waals surface area contributed by atoms with Gasteiger partial charge in [-0.05, 0) is 19.9 Å². The maximum atomic E-state index is 5.42. The average molecular weight is 203 g/mol. The Bertz CT molecular complexity index is 109. The zero-order valence-electron chi connectivity index (χ0n) is 9.84. The Morgan fingerprint density at radius 1 is 1.14 bits per heavy atom. The van der Waals surface area contributed by atoms with Gasteiger partial charge in [-0.2, -0.15) is 0 Å². The van der Waals surface area contributed by atoms with E-state index in [4.69, 9.17) is 9.47 Å². The molecule has 0 fully saturated rings. The quantitative estimate of drug-likeness (QED) is 0.549. The monoisotopic (exact) mass is 203 g/mol. The molecule has 86 valence electrons. The first-order chi connectivity index (χ1) is 6.85. The zero-order valence-corrected chi connectivity index (χ0v) is 9.84. The molecule has 3 nitrogen and oxygen atoms in total. The van der Waals surface area contributed by atoms with Crippen LogP contribution in [0.4, 0.5) is 0 Å². The van der Waals surface area contributed by atoms with Gasteiger partial charge in [0.2, 0.25) is 0 Å². The first-order valence-corrected chi connectivity index (χ1v) is 5.59. The van der Waals surface area contributed by atoms with Crippen LogP contribution in [0.3, 0.4) is 0 Å². The van der Waals surface area contributed by atoms with E-state index >= 15 is 0 Å². The summed E-state index contributed by atoms with van der Waals surface area (Å²) in [7, 11) is 3.72. The minimum Gasteiger partial charge on any atom is -0.382 e. The lowest BCUT2D eigenvalue weighted by Crippen LogP contribution is -2.26. The van der Waals surface area contributed by atoms with Gasteiger partial charge in [-0.3, -0.25) is 0 Å². The average Bonchev–Trinajstić information content (AvgIpc) is 2.22. The maximum Gasteiger partial charge on any atom is 0.0700 e. The van der Waals surface area contributed by atoms with Crippen molar-refractivity contribution in [1.29, 1.82) is 0 Å². The fourth-order valence-electron chi connectivity index (χ4n) is 1.35. The molecule has 1 atom stereocenters. The van der Waals surface area contributed by atoms with E-state index < -0.39 is 0 Å². The molecule has 0 aromatic heterocycles. The highest BCUT2D eigenvalue weighted by molar-refractivity contribution is 4.63. The number of methoxy groups -OCH3 is 1. The predicted octanol–water partition coefficient (Wildman–Crippen LogP) is 1.82. The molecule has 0 spiro atoms. The Balaban J connectivity index is 3.24. The number of nitrogens with one attached hydrogen (secondary N) is 1. The summed E-state index contributed by atoms with van der Waals surface area (Å²) >= 11 is 0. The van der Waals surface area contributed by atoms with Crippen LogP contribution < -0.4 is 5.32 Å². The Hall–Kier alpha value is -0.120. The fourth-order valence-corrected chi connectivity index (χ4v) is 1.35. The molecule has 1 unspecified atom stereocenters. The predicted molar refractivity (Wildman–Crippen MR) is 59.7 cm³/mol. The van der Waals surface area contributed by atoms with Crippen LogP contribution in [0.1, 0.15) is 32.6 Å². The lowest BCUT2D eigenvalue weighted by atomic mass is 10.1. The second-order valence-corrected chi connectivity index (χ2v) is 3.52. The van der Waals surface area contributed by atoms with Gasteiger partial charge in [0.15, 0.2) is 0 Å². The van der Waals surface area contributed by atoms with Gasteiger partial charge in [0.25, 0.3) is 0 Å². The molecule has 0 aliphatic heterocycles. The van der Waals surface area contributed by atoms with Crippen LogP contribution in [0.15, 0.2) is 0 Å². The van der Waals surface area contributed by atoms with Gasteiger partial charge in [-0.25, -0.2) is 0 Å². The van der Waals surface area contributed by atoms with Crippen molar-refractivity contribution in [3.8, 4) is 0 Å². The van der Waals surface area contributed by atoms with Gasteiger partial charge < -0.3 is 14.8 Å². The van der Waals surface area contributed by atoms with Crippen molar-refractivity contribution in [1.82, 2.24) is 5.32 Å². The van der Waals surface area contributed by atoms with Gasteiger partial charge in [0.05, 0.1) is 13.2 Å². The van der Waals surface area contributed by atoms with E-state index in [1.54, 1.807) is 7.11 Å². The molecule has 1 N–H and O–H groups in total. The van der Waals surface area contributed by atoms with E-state index in [1.165, 1.54) is 19.3 Å². The Labute approximate surface area is 88.2 Å². The molecular weight excluding hydrogens is 178 g/mol. The highest BCUT2D eigenvalue weighted by Crippen LogP contribution is 2.03. The van der Waals surface area contributed by atoms with Crippen LogP contribution in [0.2, 0.25) is 0 Å². The van der Waals surface area contributed by atoms with E-state index in [9.17, 15) is 0 Å². The van der Waals surface area contributed by atoms with Gasteiger partial charge in [-0.1, -0.05) is 19.8 Å². The van der Waals surface area contributed by atoms with Crippen molar-refractivity contribution >= 4 is 0 Å². The summed E-state index contributed by atoms with van der Waals surface area (Å²) in [4.78, 5) is 0. The molecule has 14 heavy (non-hydrogen) atoms. The lowest BCUT2D eigenvalue weighted by molar-refractivity contribution is 0.0657. The molecule has 0 radical (unpaired) electrons. The number of rotatable bonds is 10. The summed E-state index contributed by atoms with van der Waals surface area (Å²) in [6, 6.07) is 0.609. The van der Waals surface area contributed by atoms with Gasteiger partial charge in [-0.15, -0.1) is 0 Å². The first kappa shape index (κ1) is 13.9. The first-order valence-electron chi connectivity index (χ1n) is 5.59. The summed E-state index contributed by atoms with van der Waals surface area (Å²) < 4.78 is 10.3. The van der Waals surface area contributed by atoms with Crippen molar-refractivity contribution in [3.05, 3.63) is 0 Å². The van der Waals surface area contributed by atoms with E-state index in [-0.39, 0.29) is 0 Å². The molecule has 0 saturated carbocycles. The molecule has 0 rings (SSSR count). The fraction of sp³-hybridized carbons (Fsp3) is 1.00. The van der Waals surface area contributed by atoms with Crippen molar-refractivity contribution in [3.63, 3.8) is 0 Å². The van der Waals surface area contributed by atoms with E-state index in [2.05, 4.69) is 12.2 Å². The molecule has 0 bridgehead atoms. The van der Waals surface area contributed by atoms with Crippen molar-refractivity contribution in [2.75, 3.05) is 34.0 Å². The smallest absolute Gasteiger partial charge is 0.0700 e. The molecule has 0 heterocycles. The van der Waals surface area contributed by atoms with Crippen LogP contribution in [0.25, 0.3) is 0 Å². The van der Waals surface area contributed by atoms with Crippen molar-refractivity contribution in [2.24, 2.45) is 0 Å². The molecule has 0 amide bonds. The standard InChI is InChI=1S/C11H25NO2/c1-4-5-6-11(12-2)7-8-14-10-9-13-3/h11-12H,4-10H2,1-3H3. The molecule has 3 heteroatoms. The maximum absolute atomic E-state index is 5.42. The minimum absolute atomic E-state index is 0.609. The van der Waals surface area contributed by atoms with Crippen LogP contribution in [0.5, 0.6) is 0 Å². The molecule has 0 aliphatic rings. The number of hydrogen-bond donors (Lipinski definition) is 1. The molecule has 0 saturated heterocycles. The topological polar surface area (TPSA) is 30.5 Å². The van der Waals surface area contributed by atoms with E-state index in [0.717, 1.165) is 13.0 Å². The van der Waals surface area contributed by atoms with E-state index in [0.29, 0.717) is 19.3 Å². The zero-order chi connectivity index (χ0) is 10.6. The summed E-state index contributed by atoms with van der Waals surface area (Å²) in [6.45, 7) is 4.46. The second kappa shape index (κ2) is 11.0. The molecule has 0 aliphatic carbocycles. The number of hydrogen-bond acceptors (Lipinski definition) is 3. The molecule has 0 aromatic rings. The van der Waals surface area contributed by atoms with Crippen LogP contribution in [-0.2, 0) is 9.47 Å². The second-order valence-electron chi connectivity index (χ2n) is 3.52. The third kappa shape index (κ3) is 8.48. The van der Waals surface area contributed by atoms with E-state index in [1.807, 2.05) is 7.05 Å². The third-order valence-electron chi connectivity index (χ3n) is 2.36. The SMILES string of the molecule is CCCCC(CCOCCOC)NC. The summed E-state index contributed by atoms with van der Waals surface area (Å²) in [5.41, 5.74) is 0. The molecule has 0 aromatic carbocycles. The van der Waals surface area contributed by atoms with Crippen LogP contribution in [0, 0.1) is 0 Å². The highest BCUT2D eigenvalue weighted by atomic mass is 16.5. The van der Waals surface area contributed by atoms with Gasteiger partial charge in [0.1, 0.15) is 0 Å². The number of ether oxygens (including phenoxy) is 2. The summed E-state index contributed by atoms with van der Waals surface area (Å²) in [6.07, 6.45) is 4.91. The van der Waals surface area contributed by atoms with Gasteiger partial charge >= 0.3 is 0 Å². The van der Waals surface area contributed by atoms with Crippen molar-refractivity contribution < 1.29 is 9.47 Å². The third-order valence-corrected chi connectivity index (χ3v) is 2.36. The lowest BCUT2D eigenvalue weighted by Gasteiger charge is -2.15. The van der Waals surface area contributed by atoms with Crippen molar-refractivity contribution in [2.45, 2.75) is 38.6 Å². The Morgan fingerprint density at radius 2 is 1.93 bits per heavy atom. The normalized spacial score (nSPS) is 13.1. The van der Waals surface area contributed by atoms with Gasteiger partial charge in [0, 0.05) is 19.8 Å². The minimum atomic E-state index is 0.609. The summed E-state index contributed by atoms with van der Waals surface area (Å²) in [5.74, 6) is 0. The Morgan fingerprint density at radius 3 is 2.50 bits per heavy atom. The molecular formula is C11H25NO2. The largest absolute Gasteiger partial charge is 0.382 e. The Kier molecular flexibility index (Phi) is 10.9. The van der Waals surface area contributed by atoms with Crippen LogP contribution in [-0.4, -0.2) is 40.0 Å². The summed E-state index contributed by atoms with van der Waals surface area (Å²) in [5, 5.41) is 3.32. The highest BCUT2D eigenvalue weighted by Gasteiger charge is 2.04. The number of unbranched alkanes of at least 4 members (excludes halogenated alkanes) is 1. The van der Waals surface area contributed by atoms with Crippen LogP contribution >= 0.6 is 0 Å².